The van der Waals surface area contributed by atoms with Crippen LogP contribution in [0.1, 0.15) is 0 Å². The van der Waals surface area contributed by atoms with Crippen LogP contribution < -0.4 is 15.4 Å². The maximum Gasteiger partial charge on any atom is 0.137 e. The summed E-state index contributed by atoms with van der Waals surface area (Å²) in [6.45, 7) is 4.70. The minimum atomic E-state index is -1.95. The Hall–Kier alpha value is -4.22. The minimum absolute atomic E-state index is 0.871. The van der Waals surface area contributed by atoms with Crippen LogP contribution in [0.25, 0.3) is 21.9 Å². The Morgan fingerprint density at radius 1 is 0.629 bits per heavy atom. The molecule has 0 spiro atoms. The lowest BCUT2D eigenvalue weighted by Crippen LogP contribution is -2.54. The molecule has 35 heavy (non-hydrogen) atoms. The number of fused-ring (bicyclic) bond motifs is 3. The molecule has 0 atom stereocenters. The Morgan fingerprint density at radius 2 is 1.31 bits per heavy atom. The highest BCUT2D eigenvalue weighted by molar-refractivity contribution is 7.00. The number of aromatic nitrogens is 2. The Balaban J connectivity index is 1.52. The summed E-state index contributed by atoms with van der Waals surface area (Å²) in [5.74, 6) is 0.871. The maximum absolute atomic E-state index is 6.24. The van der Waals surface area contributed by atoms with E-state index in [9.17, 15) is 0 Å². The Labute approximate surface area is 205 Å². The molecule has 0 unspecified atom stereocenters. The van der Waals surface area contributed by atoms with Gasteiger partial charge in [0.25, 0.3) is 0 Å². The lowest BCUT2D eigenvalue weighted by atomic mass is 10.1. The van der Waals surface area contributed by atoms with Gasteiger partial charge in [0.15, 0.2) is 0 Å². The molecule has 0 N–H and O–H groups in total. The molecule has 0 bridgehead atoms. The average molecular weight is 472 g/mol. The summed E-state index contributed by atoms with van der Waals surface area (Å²) < 4.78 is 6.24. The van der Waals surface area contributed by atoms with Crippen LogP contribution in [-0.4, -0.2) is 18.0 Å². The first-order valence-electron chi connectivity index (χ1n) is 11.8. The van der Waals surface area contributed by atoms with Gasteiger partial charge in [-0.15, -0.1) is 0 Å². The van der Waals surface area contributed by atoms with Gasteiger partial charge in [-0.2, -0.15) is 0 Å². The van der Waals surface area contributed by atoms with Crippen LogP contribution >= 0.6 is 0 Å². The third-order valence-electron chi connectivity index (χ3n) is 6.63. The summed E-state index contributed by atoms with van der Waals surface area (Å²) in [5, 5.41) is 4.74. The number of anilines is 3. The van der Waals surface area contributed by atoms with E-state index in [-0.39, 0.29) is 0 Å². The van der Waals surface area contributed by atoms with Crippen LogP contribution in [0.4, 0.5) is 17.2 Å². The van der Waals surface area contributed by atoms with Gasteiger partial charge in [-0.25, -0.2) is 4.98 Å². The van der Waals surface area contributed by atoms with Gasteiger partial charge in [0, 0.05) is 39.9 Å². The van der Waals surface area contributed by atoms with Gasteiger partial charge >= 0.3 is 0 Å². The molecular formula is C30H25N3OSi. The third kappa shape index (κ3) is 3.80. The van der Waals surface area contributed by atoms with Crippen molar-refractivity contribution in [1.29, 1.82) is 0 Å². The molecule has 170 valence electrons. The zero-order chi connectivity index (χ0) is 23.8. The van der Waals surface area contributed by atoms with E-state index in [1.165, 1.54) is 10.5 Å². The fourth-order valence-electron chi connectivity index (χ4n) is 4.65. The second kappa shape index (κ2) is 8.53. The Kier molecular flexibility index (Phi) is 5.19. The molecule has 0 saturated carbocycles. The van der Waals surface area contributed by atoms with Crippen molar-refractivity contribution in [3.05, 3.63) is 116 Å². The van der Waals surface area contributed by atoms with Crippen molar-refractivity contribution >= 4 is 57.7 Å². The highest BCUT2D eigenvalue weighted by Crippen LogP contribution is 2.37. The standard InChI is InChI=1S/C30H25N3OSi/c1-35(2,30-13-7-9-19-32-30)24-15-17-28-26(21-24)25-20-23(14-16-27(25)34-28)33(22-10-4-3-5-11-22)29-12-6-8-18-31-29/h3-21H,1-2H3. The van der Waals surface area contributed by atoms with Crippen molar-refractivity contribution in [3.8, 4) is 0 Å². The summed E-state index contributed by atoms with van der Waals surface area (Å²) in [5.41, 5.74) is 3.88. The van der Waals surface area contributed by atoms with E-state index in [4.69, 9.17) is 4.42 Å². The number of nitrogens with zero attached hydrogens (tertiary/aromatic N) is 3. The number of hydrogen-bond acceptors (Lipinski definition) is 4. The lowest BCUT2D eigenvalue weighted by Gasteiger charge is -2.24. The molecule has 5 heteroatoms. The van der Waals surface area contributed by atoms with Crippen molar-refractivity contribution in [1.82, 2.24) is 9.97 Å². The van der Waals surface area contributed by atoms with E-state index in [1.54, 1.807) is 0 Å². The van der Waals surface area contributed by atoms with Crippen LogP contribution in [0.2, 0.25) is 13.1 Å². The van der Waals surface area contributed by atoms with Crippen LogP contribution in [0.5, 0.6) is 0 Å². The fourth-order valence-corrected chi connectivity index (χ4v) is 6.86. The number of hydrogen-bond donors (Lipinski definition) is 0. The maximum atomic E-state index is 6.24. The average Bonchev–Trinajstić information content (AvgIpc) is 3.28. The predicted molar refractivity (Wildman–Crippen MR) is 147 cm³/mol. The second-order valence-corrected chi connectivity index (χ2v) is 13.5. The molecule has 4 nitrogen and oxygen atoms in total. The molecule has 0 amide bonds. The zero-order valence-electron chi connectivity index (χ0n) is 19.7. The first-order valence-corrected chi connectivity index (χ1v) is 14.8. The van der Waals surface area contributed by atoms with Gasteiger partial charge in [-0.1, -0.05) is 60.7 Å². The lowest BCUT2D eigenvalue weighted by molar-refractivity contribution is 0.669. The van der Waals surface area contributed by atoms with Crippen molar-refractivity contribution in [2.75, 3.05) is 4.90 Å². The van der Waals surface area contributed by atoms with Crippen molar-refractivity contribution in [2.24, 2.45) is 0 Å². The number of benzene rings is 3. The number of para-hydroxylation sites is 1. The molecule has 6 aromatic rings. The molecule has 0 saturated heterocycles. The SMILES string of the molecule is C[Si](C)(c1ccc2oc3ccc(N(c4ccccc4)c4ccccn4)cc3c2c1)c1ccccn1. The number of furan rings is 1. The smallest absolute Gasteiger partial charge is 0.137 e. The van der Waals surface area contributed by atoms with Gasteiger partial charge in [-0.3, -0.25) is 9.88 Å². The van der Waals surface area contributed by atoms with Crippen LogP contribution in [0.15, 0.2) is 120 Å². The van der Waals surface area contributed by atoms with Gasteiger partial charge in [0.1, 0.15) is 25.1 Å². The van der Waals surface area contributed by atoms with Gasteiger partial charge < -0.3 is 4.42 Å². The summed E-state index contributed by atoms with van der Waals surface area (Å²) in [6, 6.07) is 35.5. The summed E-state index contributed by atoms with van der Waals surface area (Å²) in [4.78, 5) is 11.5. The molecule has 0 aliphatic rings. The minimum Gasteiger partial charge on any atom is -0.456 e. The van der Waals surface area contributed by atoms with Gasteiger partial charge in [0.2, 0.25) is 0 Å². The van der Waals surface area contributed by atoms with E-state index >= 15 is 0 Å². The molecule has 6 rings (SSSR count). The van der Waals surface area contributed by atoms with Gasteiger partial charge in [0.05, 0.1) is 0 Å². The monoisotopic (exact) mass is 471 g/mol. The highest BCUT2D eigenvalue weighted by atomic mass is 28.3. The molecular weight excluding hydrogens is 446 g/mol. The largest absolute Gasteiger partial charge is 0.456 e. The molecule has 0 aliphatic carbocycles. The van der Waals surface area contributed by atoms with Crippen molar-refractivity contribution in [3.63, 3.8) is 0 Å². The van der Waals surface area contributed by atoms with Gasteiger partial charge in [-0.05, 0) is 60.7 Å². The van der Waals surface area contributed by atoms with Crippen LogP contribution in [0.3, 0.4) is 0 Å². The Bertz CT molecular complexity index is 1570. The van der Waals surface area contributed by atoms with E-state index in [1.807, 2.05) is 54.9 Å². The van der Waals surface area contributed by atoms with E-state index in [2.05, 4.69) is 88.6 Å². The molecule has 3 aromatic heterocycles. The highest BCUT2D eigenvalue weighted by Gasteiger charge is 2.28. The quantitative estimate of drug-likeness (QED) is 0.263. The molecule has 0 radical (unpaired) electrons. The normalized spacial score (nSPS) is 11.7. The summed E-state index contributed by atoms with van der Waals surface area (Å²) >= 11 is 0. The van der Waals surface area contributed by atoms with Crippen molar-refractivity contribution < 1.29 is 4.42 Å². The van der Waals surface area contributed by atoms with E-state index < -0.39 is 8.07 Å². The fraction of sp³-hybridized carbons (Fsp3) is 0.0667. The molecule has 0 aliphatic heterocycles. The molecule has 0 fully saturated rings. The van der Waals surface area contributed by atoms with Crippen molar-refractivity contribution in [2.45, 2.75) is 13.1 Å². The number of rotatable bonds is 5. The topological polar surface area (TPSA) is 42.2 Å². The predicted octanol–water partition coefficient (Wildman–Crippen LogP) is 6.67. The first-order chi connectivity index (χ1) is 17.1. The number of pyridine rings is 2. The summed E-state index contributed by atoms with van der Waals surface area (Å²) in [6.07, 6.45) is 3.71. The van der Waals surface area contributed by atoms with Crippen LogP contribution in [-0.2, 0) is 0 Å². The zero-order valence-corrected chi connectivity index (χ0v) is 20.7. The Morgan fingerprint density at radius 3 is 2.03 bits per heavy atom. The molecule has 3 aromatic carbocycles. The molecule has 3 heterocycles. The second-order valence-electron chi connectivity index (χ2n) is 9.19. The third-order valence-corrected chi connectivity index (χ3v) is 9.96. The van der Waals surface area contributed by atoms with E-state index in [0.29, 0.717) is 0 Å². The van der Waals surface area contributed by atoms with E-state index in [0.717, 1.165) is 39.1 Å². The summed E-state index contributed by atoms with van der Waals surface area (Å²) in [7, 11) is -1.95. The first kappa shape index (κ1) is 21.3. The van der Waals surface area contributed by atoms with Crippen LogP contribution in [0, 0.1) is 0 Å².